The fraction of sp³-hybridized carbons (Fsp3) is 0.0909. The number of hydrogen-bond acceptors (Lipinski definition) is 6. The highest BCUT2D eigenvalue weighted by atomic mass is 32.2. The first kappa shape index (κ1) is 19.9. The molecule has 1 N–H and O–H groups in total. The monoisotopic (exact) mass is 431 g/mol. The van der Waals surface area contributed by atoms with E-state index in [-0.39, 0.29) is 12.3 Å². The lowest BCUT2D eigenvalue weighted by atomic mass is 10.1. The van der Waals surface area contributed by atoms with E-state index in [2.05, 4.69) is 21.6 Å². The molecule has 0 saturated carbocycles. The summed E-state index contributed by atoms with van der Waals surface area (Å²) in [5, 5.41) is 14.9. The molecule has 2 aromatic heterocycles. The summed E-state index contributed by atoms with van der Waals surface area (Å²) in [4.78, 5) is 18.9. The molecule has 4 aromatic rings. The molecule has 0 radical (unpaired) electrons. The van der Waals surface area contributed by atoms with Gasteiger partial charge in [-0.3, -0.25) is 9.20 Å². The molecule has 2 heterocycles. The van der Waals surface area contributed by atoms with E-state index in [0.29, 0.717) is 5.56 Å². The van der Waals surface area contributed by atoms with Crippen molar-refractivity contribution in [2.24, 2.45) is 5.10 Å². The maximum absolute atomic E-state index is 12.3. The number of thioether (sulfide) groups is 1. The van der Waals surface area contributed by atoms with Gasteiger partial charge < -0.3 is 0 Å². The first-order valence-corrected chi connectivity index (χ1v) is 11.2. The van der Waals surface area contributed by atoms with Gasteiger partial charge in [0.2, 0.25) is 5.91 Å². The number of nitrogens with zero attached hydrogens (tertiary/aromatic N) is 4. The molecule has 6 nitrogen and oxygen atoms in total. The van der Waals surface area contributed by atoms with Crippen LogP contribution in [0.4, 0.5) is 0 Å². The molecule has 0 atom stereocenters. The topological polar surface area (TPSA) is 82.5 Å². The maximum Gasteiger partial charge on any atom is 0.246 e. The minimum Gasteiger partial charge on any atom is -0.294 e. The van der Waals surface area contributed by atoms with Gasteiger partial charge in [-0.15, -0.1) is 23.1 Å². The number of aromatic nitrogens is 2. The molecule has 0 fully saturated rings. The average Bonchev–Trinajstić information content (AvgIpc) is 3.36. The van der Waals surface area contributed by atoms with Gasteiger partial charge in [-0.1, -0.05) is 24.3 Å². The largest absolute Gasteiger partial charge is 0.294 e. The zero-order valence-electron chi connectivity index (χ0n) is 16.1. The molecule has 0 aliphatic carbocycles. The molecule has 1 amide bonds. The standard InChI is InChI=1S/C22H17N5OS2/c1-29-19-8-4-16(5-9-19)12-24-26-21(28)10-18-14-30-22-25-20(13-27(18)22)17-6-2-15(11-23)3-7-17/h2-9,12-14H,10H2,1H3,(H,26,28)/b24-12+. The number of imidazole rings is 1. The molecule has 0 unspecified atom stereocenters. The summed E-state index contributed by atoms with van der Waals surface area (Å²) in [5.41, 5.74) is 6.69. The molecule has 0 spiro atoms. The fourth-order valence-corrected chi connectivity index (χ4v) is 4.17. The minimum atomic E-state index is -0.194. The Bertz CT molecular complexity index is 1250. The van der Waals surface area contributed by atoms with E-state index < -0.39 is 0 Å². The van der Waals surface area contributed by atoms with Gasteiger partial charge in [-0.2, -0.15) is 10.4 Å². The second-order valence-corrected chi connectivity index (χ2v) is 8.15. The van der Waals surface area contributed by atoms with Crippen molar-refractivity contribution in [2.75, 3.05) is 6.26 Å². The van der Waals surface area contributed by atoms with Crippen molar-refractivity contribution in [3.8, 4) is 17.3 Å². The number of hydrogen-bond donors (Lipinski definition) is 1. The highest BCUT2D eigenvalue weighted by Gasteiger charge is 2.12. The molecule has 30 heavy (non-hydrogen) atoms. The predicted octanol–water partition coefficient (Wildman–Crippen LogP) is 4.35. The van der Waals surface area contributed by atoms with Gasteiger partial charge >= 0.3 is 0 Å². The van der Waals surface area contributed by atoms with Crippen LogP contribution in [0, 0.1) is 11.3 Å². The van der Waals surface area contributed by atoms with Gasteiger partial charge in [-0.05, 0) is 36.1 Å². The van der Waals surface area contributed by atoms with Crippen LogP contribution in [-0.2, 0) is 11.2 Å². The van der Waals surface area contributed by atoms with Gasteiger partial charge in [0.05, 0.1) is 30.0 Å². The summed E-state index contributed by atoms with van der Waals surface area (Å²) >= 11 is 3.16. The summed E-state index contributed by atoms with van der Waals surface area (Å²) < 4.78 is 1.92. The summed E-state index contributed by atoms with van der Waals surface area (Å²) in [6.45, 7) is 0. The average molecular weight is 432 g/mol. The number of amides is 1. The third-order valence-corrected chi connectivity index (χ3v) is 6.09. The fourth-order valence-electron chi connectivity index (χ4n) is 2.88. The van der Waals surface area contributed by atoms with Crippen LogP contribution in [0.3, 0.4) is 0 Å². The minimum absolute atomic E-state index is 0.194. The molecule has 0 saturated heterocycles. The summed E-state index contributed by atoms with van der Waals surface area (Å²) in [5.74, 6) is -0.194. The van der Waals surface area contributed by atoms with Crippen molar-refractivity contribution in [3.63, 3.8) is 0 Å². The van der Waals surface area contributed by atoms with E-state index in [1.165, 1.54) is 16.2 Å². The quantitative estimate of drug-likeness (QED) is 0.280. The Morgan fingerprint density at radius 3 is 2.73 bits per heavy atom. The summed E-state index contributed by atoms with van der Waals surface area (Å²) in [7, 11) is 0. The van der Waals surface area contributed by atoms with Crippen molar-refractivity contribution < 1.29 is 4.79 Å². The van der Waals surface area contributed by atoms with Crippen molar-refractivity contribution in [3.05, 3.63) is 76.9 Å². The number of nitrogens with one attached hydrogen (secondary N) is 1. The third kappa shape index (κ3) is 4.43. The maximum atomic E-state index is 12.3. The summed E-state index contributed by atoms with van der Waals surface area (Å²) in [6.07, 6.45) is 5.77. The van der Waals surface area contributed by atoms with Crippen LogP contribution in [0.15, 0.2) is 70.1 Å². The van der Waals surface area contributed by atoms with Crippen molar-refractivity contribution in [1.82, 2.24) is 14.8 Å². The molecule has 8 heteroatoms. The van der Waals surface area contributed by atoms with E-state index in [1.807, 2.05) is 58.6 Å². The van der Waals surface area contributed by atoms with E-state index in [9.17, 15) is 4.79 Å². The molecular weight excluding hydrogens is 414 g/mol. The second kappa shape index (κ2) is 8.95. The Balaban J connectivity index is 1.42. The van der Waals surface area contributed by atoms with Crippen LogP contribution < -0.4 is 5.43 Å². The highest BCUT2D eigenvalue weighted by Crippen LogP contribution is 2.24. The lowest BCUT2D eigenvalue weighted by Gasteiger charge is -2.00. The second-order valence-electron chi connectivity index (χ2n) is 6.44. The first-order chi connectivity index (χ1) is 14.7. The Morgan fingerprint density at radius 1 is 1.27 bits per heavy atom. The normalized spacial score (nSPS) is 11.1. The van der Waals surface area contributed by atoms with Crippen LogP contribution in [-0.4, -0.2) is 27.8 Å². The zero-order valence-corrected chi connectivity index (χ0v) is 17.7. The lowest BCUT2D eigenvalue weighted by molar-refractivity contribution is -0.120. The molecule has 2 aromatic carbocycles. The van der Waals surface area contributed by atoms with Crippen molar-refractivity contribution in [2.45, 2.75) is 11.3 Å². The smallest absolute Gasteiger partial charge is 0.246 e. The number of hydrazone groups is 1. The first-order valence-electron chi connectivity index (χ1n) is 9.08. The van der Waals surface area contributed by atoms with Gasteiger partial charge in [0.15, 0.2) is 4.96 Å². The Hall–Kier alpha value is -3.41. The number of nitriles is 1. The van der Waals surface area contributed by atoms with Crippen LogP contribution in [0.5, 0.6) is 0 Å². The number of rotatable bonds is 6. The van der Waals surface area contributed by atoms with Crippen molar-refractivity contribution in [1.29, 1.82) is 5.26 Å². The third-order valence-electron chi connectivity index (χ3n) is 4.45. The van der Waals surface area contributed by atoms with Crippen molar-refractivity contribution >= 4 is 40.2 Å². The van der Waals surface area contributed by atoms with Crippen LogP contribution in [0.1, 0.15) is 16.8 Å². The van der Waals surface area contributed by atoms with Gasteiger partial charge in [0.25, 0.3) is 0 Å². The van der Waals surface area contributed by atoms with E-state index >= 15 is 0 Å². The van der Waals surface area contributed by atoms with Crippen LogP contribution in [0.25, 0.3) is 16.2 Å². The lowest BCUT2D eigenvalue weighted by Crippen LogP contribution is -2.20. The zero-order chi connectivity index (χ0) is 20.9. The Morgan fingerprint density at radius 2 is 2.03 bits per heavy atom. The number of carbonyl (C=O) groups is 1. The Kier molecular flexibility index (Phi) is 5.93. The van der Waals surface area contributed by atoms with E-state index in [4.69, 9.17) is 5.26 Å². The van der Waals surface area contributed by atoms with Gasteiger partial charge in [0, 0.05) is 27.7 Å². The SMILES string of the molecule is CSc1ccc(/C=N/NC(=O)Cc2csc3nc(-c4ccc(C#N)cc4)cn23)cc1. The van der Waals surface area contributed by atoms with Gasteiger partial charge in [-0.25, -0.2) is 10.4 Å². The number of benzene rings is 2. The molecule has 4 rings (SSSR count). The molecule has 0 aliphatic rings. The Labute approximate surface area is 181 Å². The number of thiazole rings is 1. The molecule has 0 aliphatic heterocycles. The molecular formula is C22H17N5OS2. The number of carbonyl (C=O) groups excluding carboxylic acids is 1. The van der Waals surface area contributed by atoms with E-state index in [0.717, 1.165) is 27.5 Å². The van der Waals surface area contributed by atoms with Crippen LogP contribution in [0.2, 0.25) is 0 Å². The van der Waals surface area contributed by atoms with Crippen LogP contribution >= 0.6 is 23.1 Å². The molecule has 148 valence electrons. The molecule has 0 bridgehead atoms. The van der Waals surface area contributed by atoms with E-state index in [1.54, 1.807) is 30.1 Å². The predicted molar refractivity (Wildman–Crippen MR) is 121 cm³/mol. The van der Waals surface area contributed by atoms with Gasteiger partial charge in [0.1, 0.15) is 0 Å². The highest BCUT2D eigenvalue weighted by molar-refractivity contribution is 7.98. The number of fused-ring (bicyclic) bond motifs is 1. The summed E-state index contributed by atoms with van der Waals surface area (Å²) in [6, 6.07) is 17.3.